The molecule has 1 unspecified atom stereocenters. The van der Waals surface area contributed by atoms with E-state index in [1.165, 1.54) is 5.56 Å². The molecule has 1 aromatic carbocycles. The monoisotopic (exact) mass is 284 g/mol. The van der Waals surface area contributed by atoms with E-state index in [4.69, 9.17) is 0 Å². The maximum Gasteiger partial charge on any atom is 0.223 e. The smallest absolute Gasteiger partial charge is 0.223 e. The third-order valence-corrected chi connectivity index (χ3v) is 3.48. The van der Waals surface area contributed by atoms with E-state index in [1.54, 1.807) is 0 Å². The molecule has 21 heavy (non-hydrogen) atoms. The predicted molar refractivity (Wildman–Crippen MR) is 87.4 cm³/mol. The van der Waals surface area contributed by atoms with Crippen LogP contribution in [0.3, 0.4) is 0 Å². The van der Waals surface area contributed by atoms with Gasteiger partial charge in [-0.3, -0.25) is 0 Å². The highest BCUT2D eigenvalue weighted by Gasteiger charge is 2.09. The summed E-state index contributed by atoms with van der Waals surface area (Å²) in [5.41, 5.74) is 3.47. The largest absolute Gasteiger partial charge is 0.350 e. The lowest BCUT2D eigenvalue weighted by atomic mass is 10.2. The zero-order valence-corrected chi connectivity index (χ0v) is 13.3. The fourth-order valence-electron chi connectivity index (χ4n) is 2.29. The first-order valence-electron chi connectivity index (χ1n) is 7.34. The van der Waals surface area contributed by atoms with Crippen molar-refractivity contribution in [1.82, 2.24) is 14.9 Å². The van der Waals surface area contributed by atoms with E-state index >= 15 is 0 Å². The molecule has 0 aliphatic rings. The number of benzene rings is 1. The van der Waals surface area contributed by atoms with Gasteiger partial charge in [-0.15, -0.1) is 0 Å². The Morgan fingerprint density at radius 2 is 1.90 bits per heavy atom. The summed E-state index contributed by atoms with van der Waals surface area (Å²) < 4.78 is 0. The van der Waals surface area contributed by atoms with Crippen LogP contribution in [-0.4, -0.2) is 34.5 Å². The number of hydrogen-bond acceptors (Lipinski definition) is 4. The quantitative estimate of drug-likeness (QED) is 0.885. The highest BCUT2D eigenvalue weighted by molar-refractivity contribution is 5.29. The zero-order valence-electron chi connectivity index (χ0n) is 13.3. The summed E-state index contributed by atoms with van der Waals surface area (Å²) in [5.74, 6) is 0.707. The van der Waals surface area contributed by atoms with Crippen LogP contribution in [0.5, 0.6) is 0 Å². The number of nitrogens with one attached hydrogen (secondary N) is 1. The van der Waals surface area contributed by atoms with E-state index in [-0.39, 0.29) is 0 Å². The Hall–Kier alpha value is -1.94. The van der Waals surface area contributed by atoms with Crippen molar-refractivity contribution in [3.63, 3.8) is 0 Å². The second-order valence-electron chi connectivity index (χ2n) is 5.69. The molecule has 0 amide bonds. The molecule has 0 bridgehead atoms. The molecule has 0 aliphatic carbocycles. The van der Waals surface area contributed by atoms with E-state index in [9.17, 15) is 0 Å². The van der Waals surface area contributed by atoms with Gasteiger partial charge >= 0.3 is 0 Å². The van der Waals surface area contributed by atoms with Gasteiger partial charge in [0, 0.05) is 31.0 Å². The van der Waals surface area contributed by atoms with E-state index in [0.717, 1.165) is 24.3 Å². The van der Waals surface area contributed by atoms with Crippen LogP contribution >= 0.6 is 0 Å². The molecule has 112 valence electrons. The van der Waals surface area contributed by atoms with Gasteiger partial charge in [0.25, 0.3) is 0 Å². The second-order valence-corrected chi connectivity index (χ2v) is 5.69. The Labute approximate surface area is 127 Å². The summed E-state index contributed by atoms with van der Waals surface area (Å²) in [4.78, 5) is 11.1. The van der Waals surface area contributed by atoms with Crippen LogP contribution in [0.2, 0.25) is 0 Å². The zero-order chi connectivity index (χ0) is 15.2. The Balaban J connectivity index is 1.86. The topological polar surface area (TPSA) is 41.1 Å². The van der Waals surface area contributed by atoms with Gasteiger partial charge < -0.3 is 10.2 Å². The van der Waals surface area contributed by atoms with E-state index in [1.807, 2.05) is 26.1 Å². The van der Waals surface area contributed by atoms with Crippen molar-refractivity contribution in [3.8, 4) is 0 Å². The third-order valence-electron chi connectivity index (χ3n) is 3.48. The van der Waals surface area contributed by atoms with Gasteiger partial charge in [0.1, 0.15) is 0 Å². The second kappa shape index (κ2) is 7.18. The lowest BCUT2D eigenvalue weighted by Gasteiger charge is -2.22. The number of nitrogens with zero attached hydrogens (tertiary/aromatic N) is 3. The molecule has 0 fully saturated rings. The molecule has 1 atom stereocenters. The van der Waals surface area contributed by atoms with Gasteiger partial charge in [-0.25, -0.2) is 9.97 Å². The number of aromatic nitrogens is 2. The SMILES string of the molecule is Cc1cnc(NC(C)CN(C)Cc2ccccc2)nc1C. The molecule has 0 radical (unpaired) electrons. The predicted octanol–water partition coefficient (Wildman–Crippen LogP) is 3.03. The Kier molecular flexibility index (Phi) is 5.28. The first-order valence-corrected chi connectivity index (χ1v) is 7.34. The third kappa shape index (κ3) is 4.83. The van der Waals surface area contributed by atoms with Gasteiger partial charge in [0.15, 0.2) is 0 Å². The standard InChI is InChI=1S/C17H24N4/c1-13-10-18-17(20-15(13)3)19-14(2)11-21(4)12-16-8-6-5-7-9-16/h5-10,14H,11-12H2,1-4H3,(H,18,19,20). The van der Waals surface area contributed by atoms with Gasteiger partial charge in [-0.1, -0.05) is 30.3 Å². The molecule has 0 saturated heterocycles. The van der Waals surface area contributed by atoms with Gasteiger partial charge in [-0.2, -0.15) is 0 Å². The van der Waals surface area contributed by atoms with Crippen LogP contribution in [-0.2, 0) is 6.54 Å². The number of likely N-dealkylation sites (N-methyl/N-ethyl adjacent to an activating group) is 1. The van der Waals surface area contributed by atoms with Crippen molar-refractivity contribution in [2.45, 2.75) is 33.4 Å². The van der Waals surface area contributed by atoms with Crippen LogP contribution < -0.4 is 5.32 Å². The van der Waals surface area contributed by atoms with Crippen molar-refractivity contribution in [1.29, 1.82) is 0 Å². The summed E-state index contributed by atoms with van der Waals surface area (Å²) >= 11 is 0. The van der Waals surface area contributed by atoms with E-state index in [0.29, 0.717) is 12.0 Å². The first kappa shape index (κ1) is 15.4. The molecule has 4 heteroatoms. The molecule has 1 heterocycles. The Bertz CT molecular complexity index is 568. The molecule has 0 aliphatic heterocycles. The fraction of sp³-hybridized carbons (Fsp3) is 0.412. The number of anilines is 1. The molecular formula is C17H24N4. The summed E-state index contributed by atoms with van der Waals surface area (Å²) in [6.45, 7) is 8.07. The van der Waals surface area contributed by atoms with E-state index in [2.05, 4.69) is 58.4 Å². The first-order chi connectivity index (χ1) is 10.0. The lowest BCUT2D eigenvalue weighted by Crippen LogP contribution is -2.32. The molecular weight excluding hydrogens is 260 g/mol. The van der Waals surface area contributed by atoms with Crippen LogP contribution in [0.4, 0.5) is 5.95 Å². The molecule has 1 N–H and O–H groups in total. The van der Waals surface area contributed by atoms with Crippen LogP contribution in [0.25, 0.3) is 0 Å². The number of hydrogen-bond donors (Lipinski definition) is 1. The molecule has 0 spiro atoms. The van der Waals surface area contributed by atoms with Crippen molar-refractivity contribution in [2.24, 2.45) is 0 Å². The lowest BCUT2D eigenvalue weighted by molar-refractivity contribution is 0.316. The highest BCUT2D eigenvalue weighted by atomic mass is 15.2. The summed E-state index contributed by atoms with van der Waals surface area (Å²) in [5, 5.41) is 3.36. The van der Waals surface area contributed by atoms with Crippen LogP contribution in [0, 0.1) is 13.8 Å². The fourth-order valence-corrected chi connectivity index (χ4v) is 2.29. The summed E-state index contributed by atoms with van der Waals surface area (Å²) in [7, 11) is 2.13. The minimum Gasteiger partial charge on any atom is -0.350 e. The van der Waals surface area contributed by atoms with Gasteiger partial charge in [-0.05, 0) is 38.9 Å². The molecule has 2 aromatic rings. The molecule has 4 nitrogen and oxygen atoms in total. The molecule has 2 rings (SSSR count). The summed E-state index contributed by atoms with van der Waals surface area (Å²) in [6.07, 6.45) is 1.87. The number of aryl methyl sites for hydroxylation is 2. The number of rotatable bonds is 6. The van der Waals surface area contributed by atoms with Gasteiger partial charge in [0.05, 0.1) is 0 Å². The van der Waals surface area contributed by atoms with Crippen LogP contribution in [0.15, 0.2) is 36.5 Å². The maximum absolute atomic E-state index is 4.46. The van der Waals surface area contributed by atoms with Crippen LogP contribution in [0.1, 0.15) is 23.7 Å². The van der Waals surface area contributed by atoms with Crippen molar-refractivity contribution < 1.29 is 0 Å². The normalized spacial score (nSPS) is 12.4. The van der Waals surface area contributed by atoms with Crippen molar-refractivity contribution in [2.75, 3.05) is 18.9 Å². The van der Waals surface area contributed by atoms with Crippen molar-refractivity contribution in [3.05, 3.63) is 53.3 Å². The summed E-state index contributed by atoms with van der Waals surface area (Å²) in [6, 6.07) is 10.8. The minimum atomic E-state index is 0.292. The average Bonchev–Trinajstić information content (AvgIpc) is 2.43. The van der Waals surface area contributed by atoms with E-state index < -0.39 is 0 Å². The maximum atomic E-state index is 4.46. The Morgan fingerprint density at radius 3 is 2.57 bits per heavy atom. The van der Waals surface area contributed by atoms with Crippen molar-refractivity contribution >= 4 is 5.95 Å². The Morgan fingerprint density at radius 1 is 1.19 bits per heavy atom. The minimum absolute atomic E-state index is 0.292. The molecule has 1 aromatic heterocycles. The molecule has 0 saturated carbocycles. The average molecular weight is 284 g/mol. The van der Waals surface area contributed by atoms with Gasteiger partial charge in [0.2, 0.25) is 5.95 Å². The highest BCUT2D eigenvalue weighted by Crippen LogP contribution is 2.08.